The van der Waals surface area contributed by atoms with Gasteiger partial charge in [-0.25, -0.2) is 13.2 Å². The van der Waals surface area contributed by atoms with E-state index in [2.05, 4.69) is 0 Å². The van der Waals surface area contributed by atoms with Gasteiger partial charge in [0.2, 0.25) is 0 Å². The van der Waals surface area contributed by atoms with Crippen LogP contribution in [0.4, 0.5) is 4.79 Å². The molecule has 0 bridgehead atoms. The Morgan fingerprint density at radius 1 is 1.29 bits per heavy atom. The van der Waals surface area contributed by atoms with Crippen molar-refractivity contribution >= 4 is 33.6 Å². The first-order valence-electron chi connectivity index (χ1n) is 6.76. The maximum Gasteiger partial charge on any atom is 0.321 e. The van der Waals surface area contributed by atoms with Gasteiger partial charge in [0.1, 0.15) is 5.37 Å². The van der Waals surface area contributed by atoms with Gasteiger partial charge in [0, 0.05) is 37.4 Å². The van der Waals surface area contributed by atoms with E-state index in [0.29, 0.717) is 24.6 Å². The van der Waals surface area contributed by atoms with Gasteiger partial charge in [0.05, 0.1) is 5.92 Å². The Morgan fingerprint density at radius 3 is 2.48 bits per heavy atom. The highest BCUT2D eigenvalue weighted by Crippen LogP contribution is 2.27. The number of amides is 2. The van der Waals surface area contributed by atoms with Gasteiger partial charge in [0.25, 0.3) is 0 Å². The predicted molar refractivity (Wildman–Crippen MR) is 79.9 cm³/mol. The molecule has 2 saturated heterocycles. The van der Waals surface area contributed by atoms with Crippen molar-refractivity contribution in [2.75, 3.05) is 37.4 Å². The largest absolute Gasteiger partial charge is 0.481 e. The molecule has 9 heteroatoms. The van der Waals surface area contributed by atoms with Crippen molar-refractivity contribution in [3.8, 4) is 0 Å². The van der Waals surface area contributed by atoms with Gasteiger partial charge in [-0.1, -0.05) is 6.92 Å². The van der Waals surface area contributed by atoms with Crippen molar-refractivity contribution in [1.82, 2.24) is 9.80 Å². The van der Waals surface area contributed by atoms with Crippen LogP contribution in [0, 0.1) is 11.8 Å². The van der Waals surface area contributed by atoms with Gasteiger partial charge in [0.15, 0.2) is 9.84 Å². The van der Waals surface area contributed by atoms with Gasteiger partial charge in [-0.3, -0.25) is 4.79 Å². The smallest absolute Gasteiger partial charge is 0.321 e. The lowest BCUT2D eigenvalue weighted by molar-refractivity contribution is -0.142. The van der Waals surface area contributed by atoms with Crippen LogP contribution in [-0.4, -0.2) is 78.1 Å². The second-order valence-electron chi connectivity index (χ2n) is 5.66. The molecule has 3 atom stereocenters. The van der Waals surface area contributed by atoms with Gasteiger partial charge in [-0.05, 0) is 5.92 Å². The molecule has 0 aromatic heterocycles. The topological polar surface area (TPSA) is 95.0 Å². The van der Waals surface area contributed by atoms with Crippen LogP contribution in [0.1, 0.15) is 6.92 Å². The van der Waals surface area contributed by atoms with E-state index in [1.54, 1.807) is 6.92 Å². The van der Waals surface area contributed by atoms with E-state index in [4.69, 9.17) is 5.11 Å². The third-order valence-electron chi connectivity index (χ3n) is 4.02. The van der Waals surface area contributed by atoms with Crippen LogP contribution in [0.15, 0.2) is 0 Å². The van der Waals surface area contributed by atoms with E-state index in [-0.39, 0.29) is 18.5 Å². The molecule has 0 spiro atoms. The molecule has 2 rings (SSSR count). The van der Waals surface area contributed by atoms with E-state index >= 15 is 0 Å². The fraction of sp³-hybridized carbons (Fsp3) is 0.833. The molecule has 7 nitrogen and oxygen atoms in total. The van der Waals surface area contributed by atoms with Crippen molar-refractivity contribution in [3.05, 3.63) is 0 Å². The molecule has 1 N–H and O–H groups in total. The summed E-state index contributed by atoms with van der Waals surface area (Å²) >= 11 is 1.51. The van der Waals surface area contributed by atoms with Crippen LogP contribution in [0.25, 0.3) is 0 Å². The number of aliphatic carboxylic acids is 1. The van der Waals surface area contributed by atoms with E-state index < -0.39 is 27.1 Å². The van der Waals surface area contributed by atoms with Crippen LogP contribution in [-0.2, 0) is 14.6 Å². The zero-order valence-electron chi connectivity index (χ0n) is 12.1. The molecule has 0 aliphatic carbocycles. The van der Waals surface area contributed by atoms with E-state index in [0.717, 1.165) is 6.26 Å². The number of urea groups is 1. The second-order valence-corrected chi connectivity index (χ2v) is 9.02. The quantitative estimate of drug-likeness (QED) is 0.773. The summed E-state index contributed by atoms with van der Waals surface area (Å²) in [6, 6.07) is -0.360. The van der Waals surface area contributed by atoms with Crippen LogP contribution < -0.4 is 0 Å². The Morgan fingerprint density at radius 2 is 1.95 bits per heavy atom. The lowest BCUT2D eigenvalue weighted by Crippen LogP contribution is -2.54. The average molecular weight is 336 g/mol. The van der Waals surface area contributed by atoms with E-state index in [9.17, 15) is 18.0 Å². The first-order chi connectivity index (χ1) is 9.71. The summed E-state index contributed by atoms with van der Waals surface area (Å²) in [5, 5.41) is 8.31. The summed E-state index contributed by atoms with van der Waals surface area (Å²) in [7, 11) is -3.35. The lowest BCUT2D eigenvalue weighted by atomic mass is 9.99. The van der Waals surface area contributed by atoms with E-state index in [1.165, 1.54) is 21.6 Å². The van der Waals surface area contributed by atoms with Crippen molar-refractivity contribution in [2.45, 2.75) is 12.3 Å². The Hall–Kier alpha value is -0.960. The van der Waals surface area contributed by atoms with Crippen molar-refractivity contribution in [2.24, 2.45) is 11.8 Å². The minimum Gasteiger partial charge on any atom is -0.481 e. The molecule has 2 fully saturated rings. The number of sulfone groups is 1. The van der Waals surface area contributed by atoms with Gasteiger partial charge < -0.3 is 14.9 Å². The van der Waals surface area contributed by atoms with Crippen LogP contribution >= 0.6 is 11.8 Å². The number of carbonyl (C=O) groups excluding carboxylic acids is 1. The minimum absolute atomic E-state index is 0.123. The number of carboxylic acids is 1. The zero-order chi connectivity index (χ0) is 15.8. The number of hydrogen-bond donors (Lipinski definition) is 1. The molecule has 0 aromatic rings. The molecule has 2 aliphatic heterocycles. The van der Waals surface area contributed by atoms with Gasteiger partial charge in [-0.15, -0.1) is 0 Å². The van der Waals surface area contributed by atoms with Crippen molar-refractivity contribution in [1.29, 1.82) is 0 Å². The summed E-state index contributed by atoms with van der Waals surface area (Å²) in [6.07, 6.45) is 1.14. The molecule has 2 heterocycles. The Kier molecular flexibility index (Phi) is 4.72. The molecular weight excluding hydrogens is 316 g/mol. The van der Waals surface area contributed by atoms with E-state index in [1.807, 2.05) is 0 Å². The van der Waals surface area contributed by atoms with Crippen LogP contribution in [0.5, 0.6) is 0 Å². The maximum absolute atomic E-state index is 12.6. The number of hydrogen-bond acceptors (Lipinski definition) is 5. The Bertz CT molecular complexity index is 536. The zero-order valence-corrected chi connectivity index (χ0v) is 13.7. The number of carbonyl (C=O) groups is 2. The highest BCUT2D eigenvalue weighted by molar-refractivity contribution is 8.00. The van der Waals surface area contributed by atoms with Crippen molar-refractivity contribution < 1.29 is 23.1 Å². The number of nitrogens with zero attached hydrogens (tertiary/aromatic N) is 2. The fourth-order valence-corrected chi connectivity index (χ4v) is 5.59. The first-order valence-corrected chi connectivity index (χ1v) is 9.87. The predicted octanol–water partition coefficient (Wildman–Crippen LogP) is 0.178. The van der Waals surface area contributed by atoms with Gasteiger partial charge >= 0.3 is 12.0 Å². The van der Waals surface area contributed by atoms with Gasteiger partial charge in [-0.2, -0.15) is 11.8 Å². The SMILES string of the molecule is CC1CN(C(=O)N2CCSCC2S(C)(=O)=O)CC1C(=O)O. The molecule has 2 amide bonds. The molecule has 0 aromatic carbocycles. The Balaban J connectivity index is 2.13. The number of carboxylic acid groups (broad SMARTS) is 1. The molecule has 21 heavy (non-hydrogen) atoms. The molecule has 120 valence electrons. The normalized spacial score (nSPS) is 30.5. The summed E-state index contributed by atoms with van der Waals surface area (Å²) in [6.45, 7) is 2.68. The summed E-state index contributed by atoms with van der Waals surface area (Å²) in [5.41, 5.74) is 0. The fourth-order valence-electron chi connectivity index (χ4n) is 2.78. The standard InChI is InChI=1S/C12H20N2O5S2/c1-8-5-13(6-9(8)11(15)16)12(17)14-3-4-20-7-10(14)21(2,18)19/h8-10H,3-7H2,1-2H3,(H,15,16). The third kappa shape index (κ3) is 3.45. The average Bonchev–Trinajstić information content (AvgIpc) is 2.79. The summed E-state index contributed by atoms with van der Waals surface area (Å²) in [4.78, 5) is 26.5. The maximum atomic E-state index is 12.6. The van der Waals surface area contributed by atoms with Crippen LogP contribution in [0.3, 0.4) is 0 Å². The number of thioether (sulfide) groups is 1. The first kappa shape index (κ1) is 16.4. The lowest BCUT2D eigenvalue weighted by Gasteiger charge is -2.36. The minimum atomic E-state index is -3.35. The molecule has 0 radical (unpaired) electrons. The molecule has 0 saturated carbocycles. The summed E-state index contributed by atoms with van der Waals surface area (Å²) in [5.74, 6) is -0.543. The summed E-state index contributed by atoms with van der Waals surface area (Å²) < 4.78 is 23.7. The molecule has 2 aliphatic rings. The number of likely N-dealkylation sites (tertiary alicyclic amines) is 1. The Labute approximate surface area is 128 Å². The molecule has 3 unspecified atom stereocenters. The highest BCUT2D eigenvalue weighted by atomic mass is 32.2. The molecular formula is C12H20N2O5S2. The third-order valence-corrected chi connectivity index (χ3v) is 6.67. The van der Waals surface area contributed by atoms with Crippen molar-refractivity contribution in [3.63, 3.8) is 0 Å². The monoisotopic (exact) mass is 336 g/mol. The highest BCUT2D eigenvalue weighted by Gasteiger charge is 2.42. The number of rotatable bonds is 2. The second kappa shape index (κ2) is 6.04. The van der Waals surface area contributed by atoms with Crippen LogP contribution in [0.2, 0.25) is 0 Å².